The summed E-state index contributed by atoms with van der Waals surface area (Å²) >= 11 is 0. The lowest BCUT2D eigenvalue weighted by Crippen LogP contribution is -2.56. The number of hydrogen-bond acceptors (Lipinski definition) is 4. The fraction of sp³-hybridized carbons (Fsp3) is 0.433. The van der Waals surface area contributed by atoms with Crippen molar-refractivity contribution >= 4 is 29.1 Å². The summed E-state index contributed by atoms with van der Waals surface area (Å²) < 4.78 is 35.3. The third-order valence-corrected chi connectivity index (χ3v) is 8.75. The summed E-state index contributed by atoms with van der Waals surface area (Å²) in [5, 5.41) is 5.49. The Hall–Kier alpha value is -3.59. The summed E-state index contributed by atoms with van der Waals surface area (Å²) in [5.74, 6) is -5.56. The largest absolute Gasteiger partial charge is 0.356 e. The van der Waals surface area contributed by atoms with Gasteiger partial charge in [0.1, 0.15) is 29.0 Å². The molecule has 3 amide bonds. The zero-order valence-electron chi connectivity index (χ0n) is 22.1. The summed E-state index contributed by atoms with van der Waals surface area (Å²) in [4.78, 5) is 43.4. The first-order valence-corrected chi connectivity index (χ1v) is 13.4. The van der Waals surface area contributed by atoms with Crippen LogP contribution in [0.3, 0.4) is 0 Å². The molecule has 6 rings (SSSR count). The number of nitrogens with one attached hydrogen (secondary N) is 2. The van der Waals surface area contributed by atoms with Gasteiger partial charge in [0.25, 0.3) is 0 Å². The van der Waals surface area contributed by atoms with Crippen LogP contribution in [0, 0.1) is 37.3 Å². The highest BCUT2D eigenvalue weighted by Gasteiger charge is 2.76. The van der Waals surface area contributed by atoms with E-state index in [9.17, 15) is 23.2 Å². The molecular weight excluding hydrogens is 504 g/mol. The van der Waals surface area contributed by atoms with Crippen LogP contribution in [0.25, 0.3) is 0 Å². The summed E-state index contributed by atoms with van der Waals surface area (Å²) in [5.41, 5.74) is -0.877. The van der Waals surface area contributed by atoms with E-state index in [1.807, 2.05) is 26.0 Å². The van der Waals surface area contributed by atoms with Crippen LogP contribution >= 0.6 is 0 Å². The molecule has 1 spiro atoms. The van der Waals surface area contributed by atoms with E-state index in [1.54, 1.807) is 25.1 Å². The number of nitrogens with zero attached hydrogens (tertiary/aromatic N) is 1. The number of para-hydroxylation sites is 1. The van der Waals surface area contributed by atoms with Gasteiger partial charge in [0.2, 0.25) is 17.7 Å². The molecule has 2 aromatic rings. The lowest BCUT2D eigenvalue weighted by molar-refractivity contribution is -0.131. The first kappa shape index (κ1) is 25.7. The molecule has 9 heteroatoms. The summed E-state index contributed by atoms with van der Waals surface area (Å²) in [6, 6.07) is 7.85. The van der Waals surface area contributed by atoms with Gasteiger partial charge in [-0.2, -0.15) is 0 Å². The van der Waals surface area contributed by atoms with Crippen molar-refractivity contribution in [1.82, 2.24) is 5.32 Å². The SMILES string of the molecule is Cc1ccc(N2C(=O)[C@@H]3[C@H](C(=O)Nc4c(F)cccc4F)[C@@]4(C)C=C[C@@]3(O4)[C@H]2C(=O)NC2CCCC2)c(C)c1. The number of halogens is 2. The maximum absolute atomic E-state index is 14.4. The van der Waals surface area contributed by atoms with Crippen LogP contribution in [0.4, 0.5) is 20.2 Å². The molecule has 204 valence electrons. The number of hydrogen-bond donors (Lipinski definition) is 2. The minimum atomic E-state index is -1.42. The molecule has 4 aliphatic rings. The second-order valence-corrected chi connectivity index (χ2v) is 11.4. The quantitative estimate of drug-likeness (QED) is 0.559. The molecule has 3 fully saturated rings. The highest BCUT2D eigenvalue weighted by atomic mass is 19.1. The summed E-state index contributed by atoms with van der Waals surface area (Å²) in [6.45, 7) is 5.48. The maximum Gasteiger partial charge on any atom is 0.246 e. The van der Waals surface area contributed by atoms with Gasteiger partial charge in [0.05, 0.1) is 17.4 Å². The number of aryl methyl sites for hydroxylation is 2. The van der Waals surface area contributed by atoms with Gasteiger partial charge in [-0.15, -0.1) is 0 Å². The minimum Gasteiger partial charge on any atom is -0.356 e. The van der Waals surface area contributed by atoms with Gasteiger partial charge < -0.3 is 15.4 Å². The topological polar surface area (TPSA) is 87.7 Å². The van der Waals surface area contributed by atoms with Crippen molar-refractivity contribution in [3.63, 3.8) is 0 Å². The molecule has 2 bridgehead atoms. The van der Waals surface area contributed by atoms with Gasteiger partial charge in [-0.05, 0) is 57.4 Å². The smallest absolute Gasteiger partial charge is 0.246 e. The lowest BCUT2D eigenvalue weighted by atomic mass is 9.70. The van der Waals surface area contributed by atoms with Crippen LogP contribution < -0.4 is 15.5 Å². The molecule has 2 N–H and O–H groups in total. The normalized spacial score (nSPS) is 31.2. The molecule has 39 heavy (non-hydrogen) atoms. The molecule has 5 atom stereocenters. The van der Waals surface area contributed by atoms with Gasteiger partial charge in [0.15, 0.2) is 0 Å². The van der Waals surface area contributed by atoms with Crippen molar-refractivity contribution in [2.45, 2.75) is 69.7 Å². The van der Waals surface area contributed by atoms with E-state index in [2.05, 4.69) is 10.6 Å². The van der Waals surface area contributed by atoms with Crippen LogP contribution in [0.15, 0.2) is 48.6 Å². The Balaban J connectivity index is 1.43. The molecule has 2 saturated heterocycles. The monoisotopic (exact) mass is 535 g/mol. The molecule has 2 aromatic carbocycles. The van der Waals surface area contributed by atoms with Gasteiger partial charge in [-0.3, -0.25) is 19.3 Å². The number of carbonyl (C=O) groups excluding carboxylic acids is 3. The van der Waals surface area contributed by atoms with E-state index in [1.165, 1.54) is 11.0 Å². The minimum absolute atomic E-state index is 0.00492. The second kappa shape index (κ2) is 8.98. The molecule has 3 aliphatic heterocycles. The van der Waals surface area contributed by atoms with E-state index in [0.717, 1.165) is 48.9 Å². The number of anilines is 2. The third kappa shape index (κ3) is 3.81. The summed E-state index contributed by atoms with van der Waals surface area (Å²) in [6.07, 6.45) is 7.18. The van der Waals surface area contributed by atoms with Crippen molar-refractivity contribution in [2.24, 2.45) is 11.8 Å². The molecule has 0 radical (unpaired) electrons. The number of fused-ring (bicyclic) bond motifs is 1. The Labute approximate surface area is 225 Å². The van der Waals surface area contributed by atoms with Crippen LogP contribution in [-0.2, 0) is 19.1 Å². The average Bonchev–Trinajstić information content (AvgIpc) is 3.61. The predicted molar refractivity (Wildman–Crippen MR) is 141 cm³/mol. The number of amides is 3. The second-order valence-electron chi connectivity index (χ2n) is 11.4. The number of rotatable bonds is 5. The van der Waals surface area contributed by atoms with Gasteiger partial charge in [-0.1, -0.05) is 48.8 Å². The predicted octanol–water partition coefficient (Wildman–Crippen LogP) is 4.32. The van der Waals surface area contributed by atoms with Crippen LogP contribution in [0.1, 0.15) is 43.7 Å². The Morgan fingerprint density at radius 3 is 2.38 bits per heavy atom. The van der Waals surface area contributed by atoms with Gasteiger partial charge in [-0.25, -0.2) is 8.78 Å². The van der Waals surface area contributed by atoms with Crippen molar-refractivity contribution in [3.05, 3.63) is 71.3 Å². The Kier molecular flexibility index (Phi) is 5.91. The fourth-order valence-electron chi connectivity index (χ4n) is 7.04. The van der Waals surface area contributed by atoms with Crippen LogP contribution in [0.2, 0.25) is 0 Å². The molecule has 1 aliphatic carbocycles. The zero-order valence-corrected chi connectivity index (χ0v) is 22.1. The van der Waals surface area contributed by atoms with E-state index in [4.69, 9.17) is 4.74 Å². The molecule has 0 unspecified atom stereocenters. The van der Waals surface area contributed by atoms with E-state index < -0.39 is 58.2 Å². The van der Waals surface area contributed by atoms with Crippen LogP contribution in [-0.4, -0.2) is 41.0 Å². The van der Waals surface area contributed by atoms with Gasteiger partial charge >= 0.3 is 0 Å². The fourth-order valence-corrected chi connectivity index (χ4v) is 7.04. The molecule has 0 aromatic heterocycles. The first-order chi connectivity index (χ1) is 18.6. The lowest BCUT2D eigenvalue weighted by Gasteiger charge is -2.34. The Morgan fingerprint density at radius 1 is 1.03 bits per heavy atom. The van der Waals surface area contributed by atoms with Crippen molar-refractivity contribution in [3.8, 4) is 0 Å². The highest BCUT2D eigenvalue weighted by Crippen LogP contribution is 2.60. The zero-order chi connectivity index (χ0) is 27.7. The van der Waals surface area contributed by atoms with E-state index in [0.29, 0.717) is 5.69 Å². The molecule has 3 heterocycles. The Bertz CT molecular complexity index is 1400. The van der Waals surface area contributed by atoms with E-state index in [-0.39, 0.29) is 11.9 Å². The summed E-state index contributed by atoms with van der Waals surface area (Å²) in [7, 11) is 0. The maximum atomic E-state index is 14.4. The van der Waals surface area contributed by atoms with Crippen molar-refractivity contribution in [2.75, 3.05) is 10.2 Å². The molecular formula is C30H31F2N3O4. The first-order valence-electron chi connectivity index (χ1n) is 13.4. The Morgan fingerprint density at radius 2 is 1.72 bits per heavy atom. The standard InChI is InChI=1S/C30H31F2N3O4/c1-16-11-12-21(17(2)15-16)35-25(27(37)33-18-7-4-5-8-18)30-14-13-29(3,39-30)22(23(30)28(35)38)26(36)34-24-19(31)9-6-10-20(24)32/h6,9-15,18,22-23,25H,4-5,7-8H2,1-3H3,(H,33,37)(H,34,36)/t22-,23+,25-,29-,30+/m1/s1. The van der Waals surface area contributed by atoms with Crippen LogP contribution in [0.5, 0.6) is 0 Å². The van der Waals surface area contributed by atoms with Crippen molar-refractivity contribution in [1.29, 1.82) is 0 Å². The van der Waals surface area contributed by atoms with E-state index >= 15 is 0 Å². The third-order valence-electron chi connectivity index (χ3n) is 8.75. The van der Waals surface area contributed by atoms with Crippen molar-refractivity contribution < 1.29 is 27.9 Å². The van der Waals surface area contributed by atoms with Gasteiger partial charge in [0, 0.05) is 11.7 Å². The number of benzene rings is 2. The average molecular weight is 536 g/mol. The number of ether oxygens (including phenoxy) is 1. The highest BCUT2D eigenvalue weighted by molar-refractivity contribution is 6.12. The molecule has 7 nitrogen and oxygen atoms in total. The number of carbonyl (C=O) groups is 3. The molecule has 1 saturated carbocycles.